The smallest absolute Gasteiger partial charge is 0.227 e. The highest BCUT2D eigenvalue weighted by molar-refractivity contribution is 5.92. The first-order chi connectivity index (χ1) is 8.56. The first-order valence-corrected chi connectivity index (χ1v) is 6.56. The van der Waals surface area contributed by atoms with Crippen molar-refractivity contribution in [3.8, 4) is 0 Å². The Kier molecular flexibility index (Phi) is 4.02. The molecule has 18 heavy (non-hydrogen) atoms. The summed E-state index contributed by atoms with van der Waals surface area (Å²) in [5.41, 5.74) is 3.34. The number of nitrogens with one attached hydrogen (secondary N) is 1. The zero-order chi connectivity index (χ0) is 13.1. The number of carbonyl (C=O) groups excluding carboxylic acids is 1. The second-order valence-electron chi connectivity index (χ2n) is 5.19. The first-order valence-electron chi connectivity index (χ1n) is 6.56. The second kappa shape index (κ2) is 5.53. The largest absolute Gasteiger partial charge is 0.378 e. The Labute approximate surface area is 109 Å². The van der Waals surface area contributed by atoms with Crippen molar-refractivity contribution in [3.05, 3.63) is 29.3 Å². The lowest BCUT2D eigenvalue weighted by atomic mass is 9.95. The van der Waals surface area contributed by atoms with Crippen LogP contribution in [0, 0.1) is 19.8 Å². The molecule has 0 aliphatic carbocycles. The van der Waals surface area contributed by atoms with E-state index < -0.39 is 0 Å². The van der Waals surface area contributed by atoms with Crippen molar-refractivity contribution in [1.82, 2.24) is 0 Å². The van der Waals surface area contributed by atoms with Crippen LogP contribution in [0.4, 0.5) is 5.69 Å². The van der Waals surface area contributed by atoms with Crippen LogP contribution in [-0.4, -0.2) is 18.6 Å². The molecule has 3 nitrogen and oxygen atoms in total. The monoisotopic (exact) mass is 247 g/mol. The first kappa shape index (κ1) is 13.1. The van der Waals surface area contributed by atoms with E-state index in [9.17, 15) is 4.79 Å². The number of amides is 1. The molecule has 3 heteroatoms. The third-order valence-electron chi connectivity index (χ3n) is 3.63. The molecule has 2 atom stereocenters. The number of hydrogen-bond acceptors (Lipinski definition) is 2. The van der Waals surface area contributed by atoms with Gasteiger partial charge in [0.15, 0.2) is 0 Å². The number of benzene rings is 1. The summed E-state index contributed by atoms with van der Waals surface area (Å²) in [6.45, 7) is 6.84. The number of hydrogen-bond donors (Lipinski definition) is 1. The molecule has 1 amide bonds. The fraction of sp³-hybridized carbons (Fsp3) is 0.533. The highest BCUT2D eigenvalue weighted by Gasteiger charge is 2.25. The maximum absolute atomic E-state index is 12.1. The highest BCUT2D eigenvalue weighted by Crippen LogP contribution is 2.22. The molecule has 98 valence electrons. The van der Waals surface area contributed by atoms with Gasteiger partial charge in [-0.1, -0.05) is 6.07 Å². The zero-order valence-corrected chi connectivity index (χ0v) is 11.3. The number of carbonyl (C=O) groups is 1. The molecule has 1 aromatic rings. The van der Waals surface area contributed by atoms with E-state index in [2.05, 4.69) is 19.2 Å². The van der Waals surface area contributed by atoms with E-state index in [-0.39, 0.29) is 17.9 Å². The quantitative estimate of drug-likeness (QED) is 0.872. The molecule has 0 radical (unpaired) electrons. The van der Waals surface area contributed by atoms with Crippen molar-refractivity contribution in [2.75, 3.05) is 11.9 Å². The molecule has 1 aromatic carbocycles. The summed E-state index contributed by atoms with van der Waals surface area (Å²) in [6.07, 6.45) is 1.83. The van der Waals surface area contributed by atoms with Gasteiger partial charge in [-0.25, -0.2) is 0 Å². The van der Waals surface area contributed by atoms with Crippen molar-refractivity contribution in [3.63, 3.8) is 0 Å². The third kappa shape index (κ3) is 3.10. The summed E-state index contributed by atoms with van der Waals surface area (Å²) in [5, 5.41) is 3.01. The SMILES string of the molecule is Cc1ccc(NC(=O)C2CCOC(C)C2)cc1C. The van der Waals surface area contributed by atoms with E-state index in [1.165, 1.54) is 11.1 Å². The van der Waals surface area contributed by atoms with Crippen molar-refractivity contribution >= 4 is 11.6 Å². The summed E-state index contributed by atoms with van der Waals surface area (Å²) in [5.74, 6) is 0.198. The van der Waals surface area contributed by atoms with E-state index in [1.807, 2.05) is 25.1 Å². The van der Waals surface area contributed by atoms with Crippen molar-refractivity contribution in [1.29, 1.82) is 0 Å². The number of rotatable bonds is 2. The van der Waals surface area contributed by atoms with Gasteiger partial charge >= 0.3 is 0 Å². The Bertz CT molecular complexity index is 442. The molecule has 1 N–H and O–H groups in total. The van der Waals surface area contributed by atoms with Crippen LogP contribution in [0.3, 0.4) is 0 Å². The molecule has 1 heterocycles. The van der Waals surface area contributed by atoms with E-state index in [0.29, 0.717) is 6.61 Å². The molecule has 2 unspecified atom stereocenters. The Morgan fingerprint density at radius 2 is 2.11 bits per heavy atom. The molecule has 1 fully saturated rings. The van der Waals surface area contributed by atoms with Crippen molar-refractivity contribution in [2.45, 2.75) is 39.7 Å². The number of aryl methyl sites for hydroxylation is 2. The average molecular weight is 247 g/mol. The topological polar surface area (TPSA) is 38.3 Å². The number of anilines is 1. The van der Waals surface area contributed by atoms with Gasteiger partial charge in [0.1, 0.15) is 0 Å². The van der Waals surface area contributed by atoms with Crippen LogP contribution in [0.5, 0.6) is 0 Å². The molecule has 0 spiro atoms. The lowest BCUT2D eigenvalue weighted by molar-refractivity contribution is -0.124. The Morgan fingerprint density at radius 1 is 1.33 bits per heavy atom. The summed E-state index contributed by atoms with van der Waals surface area (Å²) in [4.78, 5) is 12.1. The Hall–Kier alpha value is -1.35. The minimum atomic E-state index is 0.0790. The summed E-state index contributed by atoms with van der Waals surface area (Å²) in [7, 11) is 0. The van der Waals surface area contributed by atoms with Crippen LogP contribution in [0.2, 0.25) is 0 Å². The maximum Gasteiger partial charge on any atom is 0.227 e. The molecule has 1 saturated heterocycles. The molecule has 0 saturated carbocycles. The van der Waals surface area contributed by atoms with Crippen LogP contribution < -0.4 is 5.32 Å². The van der Waals surface area contributed by atoms with Crippen molar-refractivity contribution < 1.29 is 9.53 Å². The minimum Gasteiger partial charge on any atom is -0.378 e. The van der Waals surface area contributed by atoms with E-state index in [1.54, 1.807) is 0 Å². The lowest BCUT2D eigenvalue weighted by Gasteiger charge is -2.26. The van der Waals surface area contributed by atoms with Gasteiger partial charge in [-0.15, -0.1) is 0 Å². The Morgan fingerprint density at radius 3 is 2.78 bits per heavy atom. The third-order valence-corrected chi connectivity index (χ3v) is 3.63. The lowest BCUT2D eigenvalue weighted by Crippen LogP contribution is -2.32. The van der Waals surface area contributed by atoms with Gasteiger partial charge in [0.25, 0.3) is 0 Å². The van der Waals surface area contributed by atoms with Gasteiger partial charge in [-0.2, -0.15) is 0 Å². The van der Waals surface area contributed by atoms with Gasteiger partial charge in [0.2, 0.25) is 5.91 Å². The maximum atomic E-state index is 12.1. The predicted octanol–water partition coefficient (Wildman–Crippen LogP) is 3.06. The molecular weight excluding hydrogens is 226 g/mol. The number of ether oxygens (including phenoxy) is 1. The molecular formula is C15H21NO2. The van der Waals surface area contributed by atoms with Gasteiger partial charge in [0.05, 0.1) is 6.10 Å². The summed E-state index contributed by atoms with van der Waals surface area (Å²) < 4.78 is 5.46. The molecule has 0 bridgehead atoms. The van der Waals surface area contributed by atoms with Gasteiger partial charge in [0, 0.05) is 18.2 Å². The summed E-state index contributed by atoms with van der Waals surface area (Å²) in [6, 6.07) is 6.02. The second-order valence-corrected chi connectivity index (χ2v) is 5.19. The fourth-order valence-electron chi connectivity index (χ4n) is 2.30. The van der Waals surface area contributed by atoms with Crippen LogP contribution >= 0.6 is 0 Å². The van der Waals surface area contributed by atoms with Gasteiger partial charge in [-0.3, -0.25) is 4.79 Å². The average Bonchev–Trinajstić information content (AvgIpc) is 2.34. The molecule has 1 aliphatic heterocycles. The Balaban J connectivity index is 2.00. The van der Waals surface area contributed by atoms with Crippen LogP contribution in [0.25, 0.3) is 0 Å². The predicted molar refractivity (Wildman–Crippen MR) is 72.7 cm³/mol. The van der Waals surface area contributed by atoms with Gasteiger partial charge < -0.3 is 10.1 Å². The van der Waals surface area contributed by atoms with Gasteiger partial charge in [-0.05, 0) is 56.9 Å². The standard InChI is InChI=1S/C15H21NO2/c1-10-4-5-14(8-11(10)2)16-15(17)13-6-7-18-12(3)9-13/h4-5,8,12-13H,6-7,9H2,1-3H3,(H,16,17). The zero-order valence-electron chi connectivity index (χ0n) is 11.3. The summed E-state index contributed by atoms with van der Waals surface area (Å²) >= 11 is 0. The molecule has 2 rings (SSSR count). The van der Waals surface area contributed by atoms with Crippen LogP contribution in [-0.2, 0) is 9.53 Å². The fourth-order valence-corrected chi connectivity index (χ4v) is 2.30. The van der Waals surface area contributed by atoms with Crippen molar-refractivity contribution in [2.24, 2.45) is 5.92 Å². The molecule has 1 aliphatic rings. The van der Waals surface area contributed by atoms with Crippen LogP contribution in [0.1, 0.15) is 30.9 Å². The normalized spacial score (nSPS) is 23.7. The van der Waals surface area contributed by atoms with E-state index in [0.717, 1.165) is 18.5 Å². The molecule has 0 aromatic heterocycles. The minimum absolute atomic E-state index is 0.0790. The van der Waals surface area contributed by atoms with E-state index >= 15 is 0 Å². The van der Waals surface area contributed by atoms with E-state index in [4.69, 9.17) is 4.74 Å². The van der Waals surface area contributed by atoms with Crippen LogP contribution in [0.15, 0.2) is 18.2 Å². The highest BCUT2D eigenvalue weighted by atomic mass is 16.5.